The Morgan fingerprint density at radius 2 is 1.47 bits per heavy atom. The van der Waals surface area contributed by atoms with Gasteiger partial charge >= 0.3 is 17.9 Å². The number of carboxylic acid groups (broad SMARTS) is 3. The van der Waals surface area contributed by atoms with Gasteiger partial charge in [0.15, 0.2) is 5.60 Å². The summed E-state index contributed by atoms with van der Waals surface area (Å²) in [6, 6.07) is 0. The third-order valence-corrected chi connectivity index (χ3v) is 2.38. The van der Waals surface area contributed by atoms with Crippen LogP contribution in [0.15, 0.2) is 0 Å². The maximum absolute atomic E-state index is 11.1. The number of aliphatic hydroxyl groups is 1. The lowest BCUT2D eigenvalue weighted by Crippen LogP contribution is -2.55. The van der Waals surface area contributed by atoms with Crippen LogP contribution < -0.4 is 0 Å². The first kappa shape index (κ1) is 15.4. The topological polar surface area (TPSA) is 132 Å². The molecule has 0 saturated heterocycles. The van der Waals surface area contributed by atoms with Crippen LogP contribution in [0.2, 0.25) is 0 Å². The summed E-state index contributed by atoms with van der Waals surface area (Å²) in [5.41, 5.74) is -3.94. The van der Waals surface area contributed by atoms with Crippen LogP contribution in [-0.2, 0) is 14.4 Å². The Hall–Kier alpha value is -1.63. The van der Waals surface area contributed by atoms with Gasteiger partial charge in [-0.25, -0.2) is 4.79 Å². The van der Waals surface area contributed by atoms with E-state index >= 15 is 0 Å². The molecule has 7 nitrogen and oxygen atoms in total. The highest BCUT2D eigenvalue weighted by atomic mass is 16.4. The summed E-state index contributed by atoms with van der Waals surface area (Å²) in [5.74, 6) is -6.72. The van der Waals surface area contributed by atoms with Crippen molar-refractivity contribution in [2.45, 2.75) is 32.8 Å². The van der Waals surface area contributed by atoms with Gasteiger partial charge in [-0.3, -0.25) is 9.59 Å². The predicted molar refractivity (Wildman–Crippen MR) is 55.4 cm³/mol. The molecular formula is C10H16O7. The van der Waals surface area contributed by atoms with Crippen LogP contribution in [0.5, 0.6) is 0 Å². The SMILES string of the molecule is CC(C)(C)C(C(=O)O)C(O)(CC(=O)O)C(=O)O. The molecule has 0 radical (unpaired) electrons. The standard InChI is InChI=1S/C10H16O7/c1-9(2,3)6(7(13)14)10(17,8(15)16)4-5(11)12/h6,17H,4H2,1-3H3,(H,11,12)(H,13,14)(H,15,16). The van der Waals surface area contributed by atoms with Crippen molar-refractivity contribution in [1.82, 2.24) is 0 Å². The molecule has 0 aliphatic rings. The monoisotopic (exact) mass is 248 g/mol. The molecule has 0 aromatic heterocycles. The fourth-order valence-electron chi connectivity index (χ4n) is 1.82. The fourth-order valence-corrected chi connectivity index (χ4v) is 1.82. The fraction of sp³-hybridized carbons (Fsp3) is 0.700. The molecule has 0 aliphatic carbocycles. The van der Waals surface area contributed by atoms with E-state index in [2.05, 4.69) is 0 Å². The van der Waals surface area contributed by atoms with Gasteiger partial charge in [-0.15, -0.1) is 0 Å². The molecule has 0 aromatic carbocycles. The number of carboxylic acids is 3. The molecule has 17 heavy (non-hydrogen) atoms. The first-order chi connectivity index (χ1) is 7.43. The van der Waals surface area contributed by atoms with Crippen molar-refractivity contribution in [3.05, 3.63) is 0 Å². The second-order valence-electron chi connectivity index (χ2n) is 4.94. The Labute approximate surface area is 97.7 Å². The molecule has 2 unspecified atom stereocenters. The van der Waals surface area contributed by atoms with E-state index in [1.54, 1.807) is 0 Å². The van der Waals surface area contributed by atoms with Crippen molar-refractivity contribution >= 4 is 17.9 Å². The van der Waals surface area contributed by atoms with Gasteiger partial charge in [0.05, 0.1) is 6.42 Å². The largest absolute Gasteiger partial charge is 0.481 e. The van der Waals surface area contributed by atoms with Crippen LogP contribution in [0, 0.1) is 11.3 Å². The molecule has 0 aromatic rings. The summed E-state index contributed by atoms with van der Waals surface area (Å²) < 4.78 is 0. The van der Waals surface area contributed by atoms with Crippen molar-refractivity contribution in [3.8, 4) is 0 Å². The van der Waals surface area contributed by atoms with Crippen LogP contribution in [0.4, 0.5) is 0 Å². The van der Waals surface area contributed by atoms with Crippen LogP contribution in [0.1, 0.15) is 27.2 Å². The Morgan fingerprint density at radius 1 is 1.06 bits per heavy atom. The number of rotatable bonds is 5. The van der Waals surface area contributed by atoms with Crippen molar-refractivity contribution < 1.29 is 34.8 Å². The van der Waals surface area contributed by atoms with E-state index in [-0.39, 0.29) is 0 Å². The molecule has 4 N–H and O–H groups in total. The number of carbonyl (C=O) groups is 3. The molecule has 0 bridgehead atoms. The van der Waals surface area contributed by atoms with Crippen LogP contribution in [0.3, 0.4) is 0 Å². The second-order valence-corrected chi connectivity index (χ2v) is 4.94. The maximum atomic E-state index is 11.1. The van der Waals surface area contributed by atoms with Crippen LogP contribution >= 0.6 is 0 Å². The Morgan fingerprint density at radius 3 is 1.65 bits per heavy atom. The molecular weight excluding hydrogens is 232 g/mol. The molecule has 0 spiro atoms. The van der Waals surface area contributed by atoms with Gasteiger partial charge < -0.3 is 20.4 Å². The zero-order chi connectivity index (χ0) is 14.0. The zero-order valence-corrected chi connectivity index (χ0v) is 9.80. The number of hydrogen-bond acceptors (Lipinski definition) is 4. The molecule has 0 amide bonds. The maximum Gasteiger partial charge on any atom is 0.337 e. The molecule has 0 rings (SSSR count). The summed E-state index contributed by atoms with van der Waals surface area (Å²) in [6.45, 7) is 4.25. The molecule has 7 heteroatoms. The highest BCUT2D eigenvalue weighted by molar-refractivity contribution is 5.90. The van der Waals surface area contributed by atoms with E-state index in [0.29, 0.717) is 0 Å². The predicted octanol–water partition coefficient (Wildman–Crippen LogP) is 0.0237. The van der Waals surface area contributed by atoms with E-state index in [1.165, 1.54) is 20.8 Å². The summed E-state index contributed by atoms with van der Waals surface area (Å²) in [5, 5.41) is 36.3. The van der Waals surface area contributed by atoms with Crippen molar-refractivity contribution in [2.24, 2.45) is 11.3 Å². The second kappa shape index (κ2) is 4.70. The number of hydrogen-bond donors (Lipinski definition) is 4. The van der Waals surface area contributed by atoms with Crippen molar-refractivity contribution in [3.63, 3.8) is 0 Å². The van der Waals surface area contributed by atoms with Gasteiger partial charge in [-0.2, -0.15) is 0 Å². The Balaban J connectivity index is 5.63. The van der Waals surface area contributed by atoms with E-state index in [1.807, 2.05) is 0 Å². The number of aliphatic carboxylic acids is 3. The first-order valence-electron chi connectivity index (χ1n) is 4.83. The molecule has 98 valence electrons. The van der Waals surface area contributed by atoms with E-state index in [4.69, 9.17) is 15.3 Å². The van der Waals surface area contributed by atoms with Gasteiger partial charge in [0.2, 0.25) is 0 Å². The molecule has 2 atom stereocenters. The third-order valence-electron chi connectivity index (χ3n) is 2.38. The summed E-state index contributed by atoms with van der Waals surface area (Å²) in [7, 11) is 0. The lowest BCUT2D eigenvalue weighted by Gasteiger charge is -2.36. The lowest BCUT2D eigenvalue weighted by atomic mass is 9.69. The lowest BCUT2D eigenvalue weighted by molar-refractivity contribution is -0.186. The van der Waals surface area contributed by atoms with Gasteiger partial charge in [0, 0.05) is 0 Å². The van der Waals surface area contributed by atoms with Crippen molar-refractivity contribution in [1.29, 1.82) is 0 Å². The van der Waals surface area contributed by atoms with Gasteiger partial charge in [-0.1, -0.05) is 20.8 Å². The molecule has 0 fully saturated rings. The average Bonchev–Trinajstić information content (AvgIpc) is 1.96. The van der Waals surface area contributed by atoms with Gasteiger partial charge in [-0.05, 0) is 5.41 Å². The quantitative estimate of drug-likeness (QED) is 0.539. The summed E-state index contributed by atoms with van der Waals surface area (Å²) in [4.78, 5) is 32.6. The van der Waals surface area contributed by atoms with E-state index in [9.17, 15) is 19.5 Å². The van der Waals surface area contributed by atoms with E-state index < -0.39 is 41.3 Å². The Bertz CT molecular complexity index is 341. The third kappa shape index (κ3) is 3.42. The van der Waals surface area contributed by atoms with Crippen LogP contribution in [0.25, 0.3) is 0 Å². The normalized spacial score (nSPS) is 16.9. The van der Waals surface area contributed by atoms with Gasteiger partial charge in [0.1, 0.15) is 5.92 Å². The summed E-state index contributed by atoms with van der Waals surface area (Å²) in [6.07, 6.45) is -1.17. The van der Waals surface area contributed by atoms with Gasteiger partial charge in [0.25, 0.3) is 0 Å². The average molecular weight is 248 g/mol. The zero-order valence-electron chi connectivity index (χ0n) is 9.80. The highest BCUT2D eigenvalue weighted by Gasteiger charge is 2.54. The molecule has 0 saturated carbocycles. The molecule has 0 heterocycles. The Kier molecular flexibility index (Phi) is 4.25. The minimum atomic E-state index is -2.84. The summed E-state index contributed by atoms with van der Waals surface area (Å²) >= 11 is 0. The minimum Gasteiger partial charge on any atom is -0.481 e. The first-order valence-corrected chi connectivity index (χ1v) is 4.83. The minimum absolute atomic E-state index is 1.10. The van der Waals surface area contributed by atoms with E-state index in [0.717, 1.165) is 0 Å². The highest BCUT2D eigenvalue weighted by Crippen LogP contribution is 2.37. The van der Waals surface area contributed by atoms with Crippen LogP contribution in [-0.4, -0.2) is 43.9 Å². The van der Waals surface area contributed by atoms with Crippen molar-refractivity contribution in [2.75, 3.05) is 0 Å². The smallest absolute Gasteiger partial charge is 0.337 e. The molecule has 0 aliphatic heterocycles.